The van der Waals surface area contributed by atoms with Gasteiger partial charge in [0.1, 0.15) is 5.69 Å². The fourth-order valence-electron chi connectivity index (χ4n) is 2.58. The molecule has 0 spiro atoms. The van der Waals surface area contributed by atoms with Gasteiger partial charge in [0.15, 0.2) is 5.82 Å². The molecule has 0 aliphatic carbocycles. The van der Waals surface area contributed by atoms with Gasteiger partial charge >= 0.3 is 0 Å². The first-order chi connectivity index (χ1) is 11.5. The molecule has 24 heavy (non-hydrogen) atoms. The van der Waals surface area contributed by atoms with E-state index in [4.69, 9.17) is 9.26 Å². The molecular weight excluding hydrogens is 312 g/mol. The van der Waals surface area contributed by atoms with Gasteiger partial charge in [-0.1, -0.05) is 19.0 Å². The lowest BCUT2D eigenvalue weighted by Crippen LogP contribution is -2.18. The minimum Gasteiger partial charge on any atom is -0.377 e. The number of nitro benzene ring substituents is 1. The SMILES string of the molecule is CC(C)c1noc(-c2ccc(NC[C@H]3CCCO3)c([N+](=O)[O-])c2)n1. The Kier molecular flexibility index (Phi) is 4.75. The van der Waals surface area contributed by atoms with Crippen LogP contribution in [-0.2, 0) is 4.74 Å². The molecule has 8 nitrogen and oxygen atoms in total. The predicted molar refractivity (Wildman–Crippen MR) is 87.9 cm³/mol. The highest BCUT2D eigenvalue weighted by atomic mass is 16.6. The molecule has 0 amide bonds. The molecule has 8 heteroatoms. The molecule has 1 aliphatic rings. The molecule has 1 atom stereocenters. The summed E-state index contributed by atoms with van der Waals surface area (Å²) >= 11 is 0. The molecule has 0 saturated carbocycles. The third-order valence-electron chi connectivity index (χ3n) is 3.94. The van der Waals surface area contributed by atoms with Crippen molar-refractivity contribution in [2.75, 3.05) is 18.5 Å². The second kappa shape index (κ2) is 6.96. The van der Waals surface area contributed by atoms with E-state index in [0.29, 0.717) is 23.6 Å². The maximum atomic E-state index is 11.4. The van der Waals surface area contributed by atoms with Gasteiger partial charge in [-0.25, -0.2) is 0 Å². The van der Waals surface area contributed by atoms with Crippen LogP contribution >= 0.6 is 0 Å². The molecule has 3 rings (SSSR count). The fourth-order valence-corrected chi connectivity index (χ4v) is 2.58. The smallest absolute Gasteiger partial charge is 0.293 e. The maximum absolute atomic E-state index is 11.4. The van der Waals surface area contributed by atoms with Crippen LogP contribution in [-0.4, -0.2) is 34.3 Å². The number of hydrogen-bond acceptors (Lipinski definition) is 7. The van der Waals surface area contributed by atoms with Crippen LogP contribution in [0.2, 0.25) is 0 Å². The standard InChI is InChI=1S/C16H20N4O4/c1-10(2)15-18-16(24-19-15)11-5-6-13(14(8-11)20(21)22)17-9-12-4-3-7-23-12/h5-6,8,10,12,17H,3-4,7,9H2,1-2H3/t12-/m1/s1. The van der Waals surface area contributed by atoms with Gasteiger partial charge in [-0.2, -0.15) is 4.98 Å². The first kappa shape index (κ1) is 16.4. The molecule has 1 fully saturated rings. The Morgan fingerprint density at radius 2 is 2.29 bits per heavy atom. The number of ether oxygens (including phenoxy) is 1. The van der Waals surface area contributed by atoms with Crippen LogP contribution in [0.25, 0.3) is 11.5 Å². The van der Waals surface area contributed by atoms with E-state index in [1.54, 1.807) is 12.1 Å². The third-order valence-corrected chi connectivity index (χ3v) is 3.94. The summed E-state index contributed by atoms with van der Waals surface area (Å²) in [5.74, 6) is 0.991. The van der Waals surface area contributed by atoms with Crippen molar-refractivity contribution in [1.82, 2.24) is 10.1 Å². The van der Waals surface area contributed by atoms with Crippen molar-refractivity contribution in [3.63, 3.8) is 0 Å². The van der Waals surface area contributed by atoms with Gasteiger partial charge in [-0.3, -0.25) is 10.1 Å². The van der Waals surface area contributed by atoms with E-state index in [0.717, 1.165) is 19.4 Å². The van der Waals surface area contributed by atoms with Gasteiger partial charge in [-0.05, 0) is 25.0 Å². The van der Waals surface area contributed by atoms with E-state index in [9.17, 15) is 10.1 Å². The number of nitrogens with one attached hydrogen (secondary N) is 1. The van der Waals surface area contributed by atoms with Crippen molar-refractivity contribution in [2.24, 2.45) is 0 Å². The highest BCUT2D eigenvalue weighted by molar-refractivity contribution is 5.69. The largest absolute Gasteiger partial charge is 0.377 e. The van der Waals surface area contributed by atoms with E-state index < -0.39 is 4.92 Å². The lowest BCUT2D eigenvalue weighted by Gasteiger charge is -2.12. The Balaban J connectivity index is 1.81. The van der Waals surface area contributed by atoms with E-state index >= 15 is 0 Å². The van der Waals surface area contributed by atoms with Crippen molar-refractivity contribution >= 4 is 11.4 Å². The number of nitrogens with zero attached hydrogens (tertiary/aromatic N) is 3. The highest BCUT2D eigenvalue weighted by Crippen LogP contribution is 2.31. The number of rotatable bonds is 6. The summed E-state index contributed by atoms with van der Waals surface area (Å²) in [6, 6.07) is 4.86. The van der Waals surface area contributed by atoms with Crippen molar-refractivity contribution < 1.29 is 14.2 Å². The van der Waals surface area contributed by atoms with Gasteiger partial charge in [0, 0.05) is 30.7 Å². The zero-order valence-electron chi connectivity index (χ0n) is 13.7. The average molecular weight is 332 g/mol. The number of aromatic nitrogens is 2. The zero-order valence-corrected chi connectivity index (χ0v) is 13.7. The van der Waals surface area contributed by atoms with E-state index in [2.05, 4.69) is 15.5 Å². The normalized spacial score (nSPS) is 17.4. The van der Waals surface area contributed by atoms with Crippen molar-refractivity contribution in [2.45, 2.75) is 38.7 Å². The highest BCUT2D eigenvalue weighted by Gasteiger charge is 2.21. The van der Waals surface area contributed by atoms with Crippen LogP contribution in [0.4, 0.5) is 11.4 Å². The second-order valence-corrected chi connectivity index (χ2v) is 6.12. The van der Waals surface area contributed by atoms with Gasteiger partial charge in [0.25, 0.3) is 11.6 Å². The number of nitro groups is 1. The van der Waals surface area contributed by atoms with Crippen molar-refractivity contribution in [3.05, 3.63) is 34.1 Å². The Bertz CT molecular complexity index is 723. The Morgan fingerprint density at radius 3 is 2.92 bits per heavy atom. The van der Waals surface area contributed by atoms with E-state index in [-0.39, 0.29) is 23.6 Å². The molecule has 1 N–H and O–H groups in total. The lowest BCUT2D eigenvalue weighted by molar-refractivity contribution is -0.383. The van der Waals surface area contributed by atoms with Crippen LogP contribution in [0.5, 0.6) is 0 Å². The van der Waals surface area contributed by atoms with Gasteiger partial charge in [0.05, 0.1) is 11.0 Å². The monoisotopic (exact) mass is 332 g/mol. The van der Waals surface area contributed by atoms with Crippen molar-refractivity contribution in [3.8, 4) is 11.5 Å². The molecule has 1 saturated heterocycles. The van der Waals surface area contributed by atoms with Crippen LogP contribution in [0.1, 0.15) is 38.4 Å². The molecule has 1 aromatic heterocycles. The predicted octanol–water partition coefficient (Wildman–Crippen LogP) is 3.36. The number of benzene rings is 1. The van der Waals surface area contributed by atoms with E-state index in [1.807, 2.05) is 13.8 Å². The summed E-state index contributed by atoms with van der Waals surface area (Å²) in [6.07, 6.45) is 2.11. The minimum absolute atomic E-state index is 0.0187. The molecule has 0 radical (unpaired) electrons. The second-order valence-electron chi connectivity index (χ2n) is 6.12. The van der Waals surface area contributed by atoms with Gasteiger partial charge < -0.3 is 14.6 Å². The number of hydrogen-bond donors (Lipinski definition) is 1. The summed E-state index contributed by atoms with van der Waals surface area (Å²) in [5, 5.41) is 18.4. The topological polar surface area (TPSA) is 103 Å². The molecular formula is C16H20N4O4. The third kappa shape index (κ3) is 3.53. The molecule has 2 heterocycles. The summed E-state index contributed by atoms with van der Waals surface area (Å²) in [6.45, 7) is 5.21. The Hall–Kier alpha value is -2.48. The molecule has 0 unspecified atom stereocenters. The van der Waals surface area contributed by atoms with Crippen LogP contribution in [0.3, 0.4) is 0 Å². The molecule has 1 aliphatic heterocycles. The fraction of sp³-hybridized carbons (Fsp3) is 0.500. The quantitative estimate of drug-likeness (QED) is 0.639. The molecule has 2 aromatic rings. The minimum atomic E-state index is -0.416. The van der Waals surface area contributed by atoms with Crippen LogP contribution in [0, 0.1) is 10.1 Å². The first-order valence-electron chi connectivity index (χ1n) is 8.02. The average Bonchev–Trinajstić information content (AvgIpc) is 3.24. The zero-order chi connectivity index (χ0) is 17.1. The molecule has 0 bridgehead atoms. The van der Waals surface area contributed by atoms with Crippen LogP contribution < -0.4 is 5.32 Å². The Labute approximate surface area is 139 Å². The summed E-state index contributed by atoms with van der Waals surface area (Å²) < 4.78 is 10.7. The summed E-state index contributed by atoms with van der Waals surface area (Å²) in [5.41, 5.74) is 0.974. The van der Waals surface area contributed by atoms with Crippen molar-refractivity contribution in [1.29, 1.82) is 0 Å². The summed E-state index contributed by atoms with van der Waals surface area (Å²) in [4.78, 5) is 15.2. The summed E-state index contributed by atoms with van der Waals surface area (Å²) in [7, 11) is 0. The van der Waals surface area contributed by atoms with E-state index in [1.165, 1.54) is 6.07 Å². The molecule has 128 valence electrons. The van der Waals surface area contributed by atoms with Crippen LogP contribution in [0.15, 0.2) is 22.7 Å². The van der Waals surface area contributed by atoms with Gasteiger partial charge in [0.2, 0.25) is 0 Å². The van der Waals surface area contributed by atoms with Gasteiger partial charge in [-0.15, -0.1) is 0 Å². The molecule has 1 aromatic carbocycles. The lowest BCUT2D eigenvalue weighted by atomic mass is 10.1. The Morgan fingerprint density at radius 1 is 1.46 bits per heavy atom. The maximum Gasteiger partial charge on any atom is 0.293 e. The number of anilines is 1. The first-order valence-corrected chi connectivity index (χ1v) is 8.02.